The number of aliphatic hydroxyl groups is 1. The van der Waals surface area contributed by atoms with Crippen molar-refractivity contribution in [3.8, 4) is 0 Å². The van der Waals surface area contributed by atoms with Gasteiger partial charge >= 0.3 is 0 Å². The molecule has 0 aliphatic carbocycles. The Bertz CT molecular complexity index is 374. The molecule has 0 aromatic heterocycles. The maximum Gasteiger partial charge on any atom is 0.240 e. The fourth-order valence-corrected chi connectivity index (χ4v) is 2.19. The van der Waals surface area contributed by atoms with Crippen molar-refractivity contribution in [2.24, 2.45) is 0 Å². The first kappa shape index (κ1) is 14.0. The number of hydrogen-bond acceptors (Lipinski definition) is 5. The Labute approximate surface area is 110 Å². The van der Waals surface area contributed by atoms with Crippen LogP contribution in [-0.2, 0) is 19.1 Å². The van der Waals surface area contributed by atoms with Gasteiger partial charge in [0.25, 0.3) is 0 Å². The molecule has 3 amide bonds. The first-order valence-electron chi connectivity index (χ1n) is 6.40. The Morgan fingerprint density at radius 1 is 1.26 bits per heavy atom. The number of nitrogens with one attached hydrogen (secondary N) is 1. The lowest BCUT2D eigenvalue weighted by Crippen LogP contribution is -2.49. The van der Waals surface area contributed by atoms with Crippen LogP contribution in [0.25, 0.3) is 0 Å². The van der Waals surface area contributed by atoms with E-state index in [0.717, 1.165) is 4.90 Å². The summed E-state index contributed by atoms with van der Waals surface area (Å²) in [5.41, 5.74) is -0.951. The number of amides is 3. The first-order chi connectivity index (χ1) is 9.00. The second kappa shape index (κ2) is 5.66. The van der Waals surface area contributed by atoms with Crippen molar-refractivity contribution in [3.05, 3.63) is 0 Å². The van der Waals surface area contributed by atoms with Crippen LogP contribution >= 0.6 is 0 Å². The van der Waals surface area contributed by atoms with Crippen LogP contribution in [0.1, 0.15) is 25.7 Å². The monoisotopic (exact) mass is 270 g/mol. The molecule has 2 aliphatic heterocycles. The molecular weight excluding hydrogens is 252 g/mol. The summed E-state index contributed by atoms with van der Waals surface area (Å²) < 4.78 is 5.14. The van der Waals surface area contributed by atoms with Crippen molar-refractivity contribution in [1.29, 1.82) is 0 Å². The third-order valence-electron chi connectivity index (χ3n) is 3.49. The van der Waals surface area contributed by atoms with Crippen LogP contribution in [0.5, 0.6) is 0 Å². The minimum atomic E-state index is -0.951. The smallest absolute Gasteiger partial charge is 0.240 e. The highest BCUT2D eigenvalue weighted by Crippen LogP contribution is 2.19. The molecule has 0 unspecified atom stereocenters. The fourth-order valence-electron chi connectivity index (χ4n) is 2.19. The molecule has 2 aliphatic rings. The summed E-state index contributed by atoms with van der Waals surface area (Å²) in [5, 5.41) is 12.7. The molecule has 0 radical (unpaired) electrons. The van der Waals surface area contributed by atoms with Crippen molar-refractivity contribution in [1.82, 2.24) is 10.2 Å². The highest BCUT2D eigenvalue weighted by molar-refractivity contribution is 6.04. The molecule has 7 nitrogen and oxygen atoms in total. The molecule has 0 saturated carbocycles. The Kier molecular flexibility index (Phi) is 4.16. The van der Waals surface area contributed by atoms with Gasteiger partial charge < -0.3 is 15.2 Å². The topological polar surface area (TPSA) is 95.9 Å². The van der Waals surface area contributed by atoms with E-state index in [9.17, 15) is 19.5 Å². The van der Waals surface area contributed by atoms with Gasteiger partial charge in [-0.2, -0.15) is 0 Å². The number of hydrogen-bond donors (Lipinski definition) is 2. The van der Waals surface area contributed by atoms with Gasteiger partial charge in [-0.05, 0) is 0 Å². The van der Waals surface area contributed by atoms with Crippen molar-refractivity contribution in [3.63, 3.8) is 0 Å². The number of ether oxygens (including phenoxy) is 1. The van der Waals surface area contributed by atoms with E-state index in [4.69, 9.17) is 4.74 Å². The van der Waals surface area contributed by atoms with Crippen LogP contribution in [0.15, 0.2) is 0 Å². The number of carbonyl (C=O) groups excluding carboxylic acids is 3. The number of imide groups is 1. The summed E-state index contributed by atoms with van der Waals surface area (Å²) >= 11 is 0. The molecule has 0 atom stereocenters. The molecule has 0 aromatic rings. The van der Waals surface area contributed by atoms with E-state index in [1.54, 1.807) is 0 Å². The minimum Gasteiger partial charge on any atom is -0.388 e. The molecule has 19 heavy (non-hydrogen) atoms. The standard InChI is InChI=1S/C12H18N2O5/c15-9(7-14-10(16)1-2-11(14)17)13-8-12(18)3-5-19-6-4-12/h18H,1-8H2,(H,13,15). The van der Waals surface area contributed by atoms with Gasteiger partial charge in [0.2, 0.25) is 17.7 Å². The molecule has 0 bridgehead atoms. The molecule has 7 heteroatoms. The van der Waals surface area contributed by atoms with E-state index < -0.39 is 11.5 Å². The Morgan fingerprint density at radius 2 is 1.84 bits per heavy atom. The summed E-state index contributed by atoms with van der Waals surface area (Å²) in [6.45, 7) is 0.792. The molecular formula is C12H18N2O5. The number of rotatable bonds is 4. The van der Waals surface area contributed by atoms with E-state index in [0.29, 0.717) is 26.1 Å². The molecule has 0 aromatic carbocycles. The van der Waals surface area contributed by atoms with Crippen molar-refractivity contribution >= 4 is 17.7 Å². The summed E-state index contributed by atoms with van der Waals surface area (Å²) in [6, 6.07) is 0. The van der Waals surface area contributed by atoms with Crippen molar-refractivity contribution < 1.29 is 24.2 Å². The second-order valence-electron chi connectivity index (χ2n) is 4.99. The van der Waals surface area contributed by atoms with E-state index in [2.05, 4.69) is 5.32 Å². The largest absolute Gasteiger partial charge is 0.388 e. The summed E-state index contributed by atoms with van der Waals surface area (Å²) in [4.78, 5) is 35.3. The number of likely N-dealkylation sites (tertiary alicyclic amines) is 1. The van der Waals surface area contributed by atoms with Gasteiger partial charge in [0.1, 0.15) is 6.54 Å². The number of nitrogens with zero attached hydrogens (tertiary/aromatic N) is 1. The third-order valence-corrected chi connectivity index (χ3v) is 3.49. The predicted molar refractivity (Wildman–Crippen MR) is 64.0 cm³/mol. The van der Waals surface area contributed by atoms with Gasteiger partial charge in [0.05, 0.1) is 5.60 Å². The van der Waals surface area contributed by atoms with Crippen molar-refractivity contribution in [2.45, 2.75) is 31.3 Å². The lowest BCUT2D eigenvalue weighted by atomic mass is 9.94. The Balaban J connectivity index is 1.78. The van der Waals surface area contributed by atoms with Crippen LogP contribution in [0.2, 0.25) is 0 Å². The van der Waals surface area contributed by atoms with Gasteiger partial charge in [-0.15, -0.1) is 0 Å². The number of carbonyl (C=O) groups is 3. The van der Waals surface area contributed by atoms with Gasteiger partial charge in [-0.25, -0.2) is 0 Å². The third kappa shape index (κ3) is 3.51. The molecule has 2 rings (SSSR count). The van der Waals surface area contributed by atoms with Crippen LogP contribution in [0.4, 0.5) is 0 Å². The molecule has 2 N–H and O–H groups in total. The zero-order valence-corrected chi connectivity index (χ0v) is 10.7. The highest BCUT2D eigenvalue weighted by atomic mass is 16.5. The zero-order valence-electron chi connectivity index (χ0n) is 10.7. The molecule has 2 heterocycles. The lowest BCUT2D eigenvalue weighted by molar-refractivity contribution is -0.142. The maximum atomic E-state index is 11.7. The van der Waals surface area contributed by atoms with Gasteiger partial charge in [0, 0.05) is 45.4 Å². The van der Waals surface area contributed by atoms with Crippen LogP contribution in [-0.4, -0.2) is 59.6 Å². The van der Waals surface area contributed by atoms with Gasteiger partial charge in [0.15, 0.2) is 0 Å². The average Bonchev–Trinajstić information content (AvgIpc) is 2.69. The fraction of sp³-hybridized carbons (Fsp3) is 0.750. The van der Waals surface area contributed by atoms with Gasteiger partial charge in [-0.1, -0.05) is 0 Å². The Morgan fingerprint density at radius 3 is 2.42 bits per heavy atom. The normalized spacial score (nSPS) is 22.7. The zero-order chi connectivity index (χ0) is 13.9. The summed E-state index contributed by atoms with van der Waals surface area (Å²) in [5.74, 6) is -1.06. The van der Waals surface area contributed by atoms with E-state index in [-0.39, 0.29) is 37.7 Å². The summed E-state index contributed by atoms with van der Waals surface area (Å²) in [6.07, 6.45) is 1.28. The SMILES string of the molecule is O=C(CN1C(=O)CCC1=O)NCC1(O)CCOCC1. The van der Waals surface area contributed by atoms with Crippen LogP contribution in [0, 0.1) is 0 Å². The van der Waals surface area contributed by atoms with E-state index >= 15 is 0 Å². The lowest BCUT2D eigenvalue weighted by Gasteiger charge is -2.32. The van der Waals surface area contributed by atoms with E-state index in [1.807, 2.05) is 0 Å². The van der Waals surface area contributed by atoms with E-state index in [1.165, 1.54) is 0 Å². The predicted octanol–water partition coefficient (Wildman–Crippen LogP) is -1.21. The van der Waals surface area contributed by atoms with Gasteiger partial charge in [-0.3, -0.25) is 19.3 Å². The molecule has 0 spiro atoms. The highest BCUT2D eigenvalue weighted by Gasteiger charge is 2.33. The summed E-state index contributed by atoms with van der Waals surface area (Å²) in [7, 11) is 0. The van der Waals surface area contributed by atoms with Crippen LogP contribution < -0.4 is 5.32 Å². The second-order valence-corrected chi connectivity index (χ2v) is 4.99. The molecule has 2 fully saturated rings. The maximum absolute atomic E-state index is 11.7. The Hall–Kier alpha value is -1.47. The minimum absolute atomic E-state index is 0.116. The van der Waals surface area contributed by atoms with Crippen molar-refractivity contribution in [2.75, 3.05) is 26.3 Å². The molecule has 106 valence electrons. The first-order valence-corrected chi connectivity index (χ1v) is 6.40. The molecule has 2 saturated heterocycles. The average molecular weight is 270 g/mol. The quantitative estimate of drug-likeness (QED) is 0.625. The van der Waals surface area contributed by atoms with Crippen LogP contribution in [0.3, 0.4) is 0 Å².